The van der Waals surface area contributed by atoms with E-state index in [1.54, 1.807) is 19.4 Å². The van der Waals surface area contributed by atoms with Gasteiger partial charge in [0.1, 0.15) is 23.1 Å². The lowest BCUT2D eigenvalue weighted by Gasteiger charge is -2.62. The fraction of sp³-hybridized carbons (Fsp3) is 0.480. The molecule has 2 aromatic heterocycles. The molecule has 4 aliphatic heterocycles. The highest BCUT2D eigenvalue weighted by atomic mass is 32.2. The Hall–Kier alpha value is -5.75. The Morgan fingerprint density at radius 3 is 2.60 bits per heavy atom. The van der Waals surface area contributed by atoms with E-state index in [1.165, 1.54) is 36.1 Å². The number of amides is 1. The molecule has 0 unspecified atom stereocenters. The summed E-state index contributed by atoms with van der Waals surface area (Å²) in [7, 11) is -2.87. The van der Waals surface area contributed by atoms with Crippen LogP contribution in [0.3, 0.4) is 0 Å². The summed E-state index contributed by atoms with van der Waals surface area (Å²) in [5, 5.41) is 16.4. The molecule has 3 N–H and O–H groups in total. The lowest BCUT2D eigenvalue weighted by Crippen LogP contribution is -2.66. The Morgan fingerprint density at radius 2 is 1.82 bits per heavy atom. The summed E-state index contributed by atoms with van der Waals surface area (Å²) in [4.78, 5) is 41.0. The molecule has 3 saturated heterocycles. The molecule has 352 valence electrons. The predicted octanol–water partition coefficient (Wildman–Crippen LogP) is 8.01. The van der Waals surface area contributed by atoms with Crippen molar-refractivity contribution in [2.75, 3.05) is 61.6 Å². The molecule has 16 nitrogen and oxygen atoms in total. The number of ether oxygens (including phenoxy) is 3. The van der Waals surface area contributed by atoms with Crippen LogP contribution in [0, 0.1) is 28.4 Å². The van der Waals surface area contributed by atoms with Crippen LogP contribution in [0.15, 0.2) is 83.9 Å². The summed E-state index contributed by atoms with van der Waals surface area (Å²) in [6, 6.07) is 22.5. The number of fused-ring (bicyclic) bond motifs is 3. The quantitative estimate of drug-likeness (QED) is 0.0809. The molecular weight excluding hydrogens is 873 g/mol. The molecule has 17 heteroatoms. The van der Waals surface area contributed by atoms with E-state index >= 15 is 0 Å². The molecule has 2 aliphatic carbocycles. The number of rotatable bonds is 12. The number of nitro benzene ring substituents is 1. The number of aromatic nitrogens is 2. The fourth-order valence-corrected chi connectivity index (χ4v) is 12.9. The molecule has 11 rings (SSSR count). The van der Waals surface area contributed by atoms with Crippen molar-refractivity contribution in [1.82, 2.24) is 19.6 Å². The number of methoxy groups -OCH3 is 1. The Morgan fingerprint density at radius 1 is 1.01 bits per heavy atom. The molecule has 5 fully saturated rings. The highest BCUT2D eigenvalue weighted by molar-refractivity contribution is 7.90. The summed E-state index contributed by atoms with van der Waals surface area (Å²) < 4.78 is 48.5. The van der Waals surface area contributed by atoms with Gasteiger partial charge in [0, 0.05) is 67.6 Å². The molecule has 67 heavy (non-hydrogen) atoms. The predicted molar refractivity (Wildman–Crippen MR) is 255 cm³/mol. The van der Waals surface area contributed by atoms with Crippen LogP contribution in [0.5, 0.6) is 5.88 Å². The molecular formula is C50H58N8O8S. The minimum atomic E-state index is -4.59. The van der Waals surface area contributed by atoms with E-state index in [0.717, 1.165) is 75.3 Å². The van der Waals surface area contributed by atoms with Gasteiger partial charge in [-0.3, -0.25) is 19.8 Å². The minimum absolute atomic E-state index is 0.111. The van der Waals surface area contributed by atoms with E-state index in [0.29, 0.717) is 54.7 Å². The highest BCUT2D eigenvalue weighted by Crippen LogP contribution is 2.55. The van der Waals surface area contributed by atoms with Crippen LogP contribution in [0.2, 0.25) is 0 Å². The zero-order valence-electron chi connectivity index (χ0n) is 38.2. The number of sulfonamides is 1. The topological polar surface area (TPSA) is 184 Å². The van der Waals surface area contributed by atoms with Crippen molar-refractivity contribution in [2.24, 2.45) is 11.3 Å². The van der Waals surface area contributed by atoms with Crippen LogP contribution >= 0.6 is 0 Å². The van der Waals surface area contributed by atoms with Crippen molar-refractivity contribution in [3.8, 4) is 5.88 Å². The second kappa shape index (κ2) is 16.8. The van der Waals surface area contributed by atoms with Crippen LogP contribution in [0.4, 0.5) is 28.4 Å². The van der Waals surface area contributed by atoms with E-state index in [2.05, 4.69) is 62.9 Å². The number of nitrogens with zero attached hydrogens (tertiary/aromatic N) is 5. The fourth-order valence-electron chi connectivity index (χ4n) is 11.9. The molecule has 6 aliphatic rings. The van der Waals surface area contributed by atoms with Gasteiger partial charge in [-0.1, -0.05) is 24.3 Å². The smallest absolute Gasteiger partial charge is 0.293 e. The molecule has 3 atom stereocenters. The molecule has 1 spiro atoms. The molecule has 0 radical (unpaired) electrons. The van der Waals surface area contributed by atoms with E-state index in [9.17, 15) is 23.3 Å². The van der Waals surface area contributed by atoms with E-state index in [-0.39, 0.29) is 34.2 Å². The first-order valence-electron chi connectivity index (χ1n) is 23.7. The molecule has 3 aromatic carbocycles. The van der Waals surface area contributed by atoms with Crippen molar-refractivity contribution in [3.05, 3.63) is 106 Å². The van der Waals surface area contributed by atoms with Gasteiger partial charge in [-0.05, 0) is 131 Å². The van der Waals surface area contributed by atoms with Crippen LogP contribution in [-0.2, 0) is 19.5 Å². The first-order valence-corrected chi connectivity index (χ1v) is 25.1. The molecule has 5 aromatic rings. The summed E-state index contributed by atoms with van der Waals surface area (Å²) in [5.74, 6) is -0.217. The zero-order chi connectivity index (χ0) is 46.2. The van der Waals surface area contributed by atoms with E-state index < -0.39 is 37.5 Å². The maximum Gasteiger partial charge on any atom is 0.293 e. The number of carbonyl (C=O) groups excluding carboxylic acids is 1. The third-order valence-electron chi connectivity index (χ3n) is 15.8. The van der Waals surface area contributed by atoms with Crippen LogP contribution in [0.1, 0.15) is 85.8 Å². The van der Waals surface area contributed by atoms with Gasteiger partial charge in [0.2, 0.25) is 5.88 Å². The largest absolute Gasteiger partial charge is 0.468 e. The first-order chi connectivity index (χ1) is 32.3. The molecule has 6 heterocycles. The summed E-state index contributed by atoms with van der Waals surface area (Å²) >= 11 is 0. The highest BCUT2D eigenvalue weighted by Gasteiger charge is 2.55. The van der Waals surface area contributed by atoms with Crippen molar-refractivity contribution >= 4 is 55.4 Å². The number of hydrogen-bond acceptors (Lipinski definition) is 13. The van der Waals surface area contributed by atoms with Crippen molar-refractivity contribution in [2.45, 2.75) is 99.9 Å². The number of carbonyl (C=O) groups is 1. The molecule has 0 bridgehead atoms. The number of likely N-dealkylation sites (tertiary alicyclic amines) is 1. The van der Waals surface area contributed by atoms with Crippen LogP contribution in [-0.4, -0.2) is 104 Å². The number of aryl methyl sites for hydroxylation is 1. The lowest BCUT2D eigenvalue weighted by atomic mass is 9.60. The van der Waals surface area contributed by atoms with E-state index in [4.69, 9.17) is 19.2 Å². The molecule has 2 saturated carbocycles. The summed E-state index contributed by atoms with van der Waals surface area (Å²) in [6.07, 6.45) is 9.64. The van der Waals surface area contributed by atoms with Crippen molar-refractivity contribution in [1.29, 1.82) is 0 Å². The average molecular weight is 931 g/mol. The zero-order valence-corrected chi connectivity index (χ0v) is 39.0. The number of anilines is 4. The van der Waals surface area contributed by atoms with Gasteiger partial charge in [0.05, 0.1) is 45.9 Å². The number of hydrogen-bond donors (Lipinski definition) is 3. The van der Waals surface area contributed by atoms with Crippen molar-refractivity contribution < 1.29 is 32.3 Å². The maximum atomic E-state index is 14.6. The Balaban J connectivity index is 0.863. The van der Waals surface area contributed by atoms with Gasteiger partial charge in [-0.25, -0.2) is 13.1 Å². The van der Waals surface area contributed by atoms with Crippen LogP contribution < -0.4 is 24.6 Å². The number of H-pyrrole nitrogens is 1. The number of nitro groups is 1. The average Bonchev–Trinajstić information content (AvgIpc) is 4.08. The summed E-state index contributed by atoms with van der Waals surface area (Å²) in [5.41, 5.74) is 5.45. The Bertz CT molecular complexity index is 2850. The number of nitrogens with one attached hydrogen (secondary N) is 3. The maximum absolute atomic E-state index is 14.6. The van der Waals surface area contributed by atoms with Crippen molar-refractivity contribution in [3.63, 3.8) is 0 Å². The normalized spacial score (nSPS) is 25.8. The van der Waals surface area contributed by atoms with Crippen LogP contribution in [0.25, 0.3) is 11.0 Å². The van der Waals surface area contributed by atoms with E-state index in [1.807, 2.05) is 29.2 Å². The minimum Gasteiger partial charge on any atom is -0.468 e. The standard InChI is InChI=1S/C50H58N8O8S/c1-31-7-4-5-8-37(31)40-9-6-20-56(40)35-24-50(25-35)29-55(30-50)34-10-12-38(41(22-34)57-43-21-33-16-19-51-46(33)53-48(43)66-45-28-65-27-44(45)57)47(59)54-67(62,63)36-11-13-39(42(23-36)58(60)61)52-26-32-14-17-49(2,64-3)18-15-32/h4-5,7-8,10-13,16,19,21-23,32,35,40,44-45,52H,6,9,14-15,17-18,20,24-30H2,1-3H3,(H,51,53)(H,54,59)/t32-,40-,44-,45-,49-/m0/s1. The number of benzene rings is 3. The van der Waals surface area contributed by atoms with Gasteiger partial charge in [-0.15, -0.1) is 0 Å². The van der Waals surface area contributed by atoms with Gasteiger partial charge in [0.15, 0.2) is 0 Å². The third kappa shape index (κ3) is 7.96. The number of pyridine rings is 1. The summed E-state index contributed by atoms with van der Waals surface area (Å²) in [6.45, 7) is 8.31. The van der Waals surface area contributed by atoms with Gasteiger partial charge < -0.3 is 34.3 Å². The monoisotopic (exact) mass is 930 g/mol. The second-order valence-corrected chi connectivity index (χ2v) is 21.8. The Kier molecular flexibility index (Phi) is 11.0. The van der Waals surface area contributed by atoms with Gasteiger partial charge in [-0.2, -0.15) is 4.98 Å². The first kappa shape index (κ1) is 43.8. The number of aromatic amines is 1. The molecule has 1 amide bonds. The second-order valence-electron chi connectivity index (χ2n) is 20.1. The third-order valence-corrected chi connectivity index (χ3v) is 17.2. The van der Waals surface area contributed by atoms with Gasteiger partial charge in [0.25, 0.3) is 21.6 Å². The SMILES string of the molecule is CO[C@]1(C)CC[C@@H](CNc2ccc(S(=O)(=O)NC(=O)c3ccc(N4CC5(CC(N6CCC[C@H]6c6ccccc6C)C5)C4)cc3N3c4cc5cc[nH]c5nc4O[C@H]4COC[C@@H]43)cc2[N+](=O)[O-])CC1. The van der Waals surface area contributed by atoms with Gasteiger partial charge >= 0.3 is 0 Å². The lowest BCUT2D eigenvalue weighted by molar-refractivity contribution is -0.384. The Labute approximate surface area is 390 Å².